The number of nitrogens with one attached hydrogen (secondary N) is 1. The summed E-state index contributed by atoms with van der Waals surface area (Å²) < 4.78 is 27.6. The first-order chi connectivity index (χ1) is 9.63. The SMILES string of the molecule is Cc1ccc(C(CCc2ccccc2)NN)c(F)c1F. The first kappa shape index (κ1) is 14.6. The third-order valence-electron chi connectivity index (χ3n) is 3.45. The van der Waals surface area contributed by atoms with Crippen LogP contribution in [0.2, 0.25) is 0 Å². The quantitative estimate of drug-likeness (QED) is 0.649. The van der Waals surface area contributed by atoms with Gasteiger partial charge in [-0.3, -0.25) is 11.3 Å². The molecule has 1 atom stereocenters. The molecule has 106 valence electrons. The minimum absolute atomic E-state index is 0.270. The van der Waals surface area contributed by atoms with Crippen LogP contribution in [0.1, 0.15) is 29.2 Å². The van der Waals surface area contributed by atoms with Gasteiger partial charge < -0.3 is 0 Å². The van der Waals surface area contributed by atoms with E-state index in [9.17, 15) is 8.78 Å². The number of aryl methyl sites for hydroxylation is 2. The first-order valence-corrected chi connectivity index (χ1v) is 6.58. The maximum Gasteiger partial charge on any atom is 0.163 e. The summed E-state index contributed by atoms with van der Waals surface area (Å²) in [5.74, 6) is 3.87. The van der Waals surface area contributed by atoms with Gasteiger partial charge in [-0.25, -0.2) is 8.78 Å². The van der Waals surface area contributed by atoms with E-state index in [1.54, 1.807) is 12.1 Å². The van der Waals surface area contributed by atoms with Crippen LogP contribution >= 0.6 is 0 Å². The van der Waals surface area contributed by atoms with Gasteiger partial charge in [-0.05, 0) is 30.9 Å². The summed E-state index contributed by atoms with van der Waals surface area (Å²) >= 11 is 0. The Morgan fingerprint density at radius 3 is 2.40 bits per heavy atom. The number of halogens is 2. The molecule has 0 saturated heterocycles. The molecule has 1 unspecified atom stereocenters. The third-order valence-corrected chi connectivity index (χ3v) is 3.45. The number of benzene rings is 2. The molecule has 0 aromatic heterocycles. The molecule has 20 heavy (non-hydrogen) atoms. The molecule has 0 bridgehead atoms. The maximum absolute atomic E-state index is 14.0. The van der Waals surface area contributed by atoms with Gasteiger partial charge in [0.2, 0.25) is 0 Å². The predicted octanol–water partition coefficient (Wildman–Crippen LogP) is 3.41. The van der Waals surface area contributed by atoms with Gasteiger partial charge in [-0.2, -0.15) is 0 Å². The van der Waals surface area contributed by atoms with Crippen molar-refractivity contribution in [2.75, 3.05) is 0 Å². The third kappa shape index (κ3) is 3.21. The Balaban J connectivity index is 2.15. The zero-order valence-electron chi connectivity index (χ0n) is 11.4. The molecule has 0 aliphatic rings. The Kier molecular flexibility index (Phi) is 4.82. The summed E-state index contributed by atoms with van der Waals surface area (Å²) in [7, 11) is 0. The average molecular weight is 276 g/mol. The van der Waals surface area contributed by atoms with Crippen molar-refractivity contribution < 1.29 is 8.78 Å². The molecule has 0 amide bonds. The van der Waals surface area contributed by atoms with E-state index in [1.165, 1.54) is 6.92 Å². The highest BCUT2D eigenvalue weighted by Gasteiger charge is 2.18. The van der Waals surface area contributed by atoms with E-state index < -0.39 is 17.7 Å². The lowest BCUT2D eigenvalue weighted by Crippen LogP contribution is -2.29. The number of hydrogen-bond donors (Lipinski definition) is 2. The zero-order chi connectivity index (χ0) is 14.5. The van der Waals surface area contributed by atoms with Crippen molar-refractivity contribution in [3.8, 4) is 0 Å². The average Bonchev–Trinajstić information content (AvgIpc) is 2.48. The van der Waals surface area contributed by atoms with E-state index in [2.05, 4.69) is 5.43 Å². The van der Waals surface area contributed by atoms with Crippen LogP contribution in [-0.4, -0.2) is 0 Å². The first-order valence-electron chi connectivity index (χ1n) is 6.58. The van der Waals surface area contributed by atoms with E-state index in [1.807, 2.05) is 30.3 Å². The molecule has 2 rings (SSSR count). The normalized spacial score (nSPS) is 12.4. The van der Waals surface area contributed by atoms with Gasteiger partial charge in [0.05, 0.1) is 0 Å². The lowest BCUT2D eigenvalue weighted by molar-refractivity contribution is 0.449. The van der Waals surface area contributed by atoms with Crippen molar-refractivity contribution in [2.24, 2.45) is 5.84 Å². The molecule has 0 spiro atoms. The molecule has 2 nitrogen and oxygen atoms in total. The molecule has 2 aromatic rings. The molecular formula is C16H18F2N2. The van der Waals surface area contributed by atoms with Gasteiger partial charge in [0.1, 0.15) is 0 Å². The van der Waals surface area contributed by atoms with Gasteiger partial charge >= 0.3 is 0 Å². The predicted molar refractivity (Wildman–Crippen MR) is 75.9 cm³/mol. The Labute approximate surface area is 117 Å². The van der Waals surface area contributed by atoms with Crippen molar-refractivity contribution >= 4 is 0 Å². The van der Waals surface area contributed by atoms with Crippen molar-refractivity contribution in [1.29, 1.82) is 0 Å². The molecule has 0 aliphatic carbocycles. The summed E-state index contributed by atoms with van der Waals surface area (Å²) in [5.41, 5.74) is 4.28. The van der Waals surface area contributed by atoms with E-state index in [0.717, 1.165) is 12.0 Å². The van der Waals surface area contributed by atoms with Crippen LogP contribution in [0, 0.1) is 18.6 Å². The minimum Gasteiger partial charge on any atom is -0.271 e. The van der Waals surface area contributed by atoms with Gasteiger partial charge in [0.15, 0.2) is 11.6 Å². The summed E-state index contributed by atoms with van der Waals surface area (Å²) in [6.07, 6.45) is 1.34. The fraction of sp³-hybridized carbons (Fsp3) is 0.250. The molecule has 0 radical (unpaired) electrons. The lowest BCUT2D eigenvalue weighted by atomic mass is 9.98. The van der Waals surface area contributed by atoms with Crippen LogP contribution in [-0.2, 0) is 6.42 Å². The fourth-order valence-electron chi connectivity index (χ4n) is 2.21. The second kappa shape index (κ2) is 6.59. The van der Waals surface area contributed by atoms with Crippen LogP contribution in [0.15, 0.2) is 42.5 Å². The highest BCUT2D eigenvalue weighted by atomic mass is 19.2. The molecule has 0 aliphatic heterocycles. The lowest BCUT2D eigenvalue weighted by Gasteiger charge is -2.18. The topological polar surface area (TPSA) is 38.0 Å². The molecule has 4 heteroatoms. The minimum atomic E-state index is -0.819. The van der Waals surface area contributed by atoms with Crippen LogP contribution < -0.4 is 11.3 Å². The highest BCUT2D eigenvalue weighted by molar-refractivity contribution is 5.28. The molecule has 0 saturated carbocycles. The summed E-state index contributed by atoms with van der Waals surface area (Å²) in [4.78, 5) is 0. The van der Waals surface area contributed by atoms with Crippen LogP contribution in [0.4, 0.5) is 8.78 Å². The Morgan fingerprint density at radius 2 is 1.75 bits per heavy atom. The van der Waals surface area contributed by atoms with Crippen molar-refractivity contribution in [3.05, 3.63) is 70.8 Å². The number of hydrazine groups is 1. The summed E-state index contributed by atoms with van der Waals surface area (Å²) in [6.45, 7) is 1.54. The second-order valence-corrected chi connectivity index (χ2v) is 4.84. The Morgan fingerprint density at radius 1 is 1.05 bits per heavy atom. The standard InChI is InChI=1S/C16H18F2N2/c1-11-7-9-13(16(18)15(11)17)14(20-19)10-8-12-5-3-2-4-6-12/h2-7,9,14,20H,8,10,19H2,1H3. The van der Waals surface area contributed by atoms with Crippen molar-refractivity contribution in [2.45, 2.75) is 25.8 Å². The highest BCUT2D eigenvalue weighted by Crippen LogP contribution is 2.24. The molecule has 3 N–H and O–H groups in total. The second-order valence-electron chi connectivity index (χ2n) is 4.84. The van der Waals surface area contributed by atoms with Gasteiger partial charge in [-0.15, -0.1) is 0 Å². The number of rotatable bonds is 5. The fourth-order valence-corrected chi connectivity index (χ4v) is 2.21. The van der Waals surface area contributed by atoms with Gasteiger partial charge in [-0.1, -0.05) is 42.5 Å². The summed E-state index contributed by atoms with van der Waals surface area (Å²) in [6, 6.07) is 12.6. The molecule has 2 aromatic carbocycles. The van der Waals surface area contributed by atoms with Gasteiger partial charge in [0, 0.05) is 11.6 Å². The Hall–Kier alpha value is -1.78. The summed E-state index contributed by atoms with van der Waals surface area (Å²) in [5, 5.41) is 0. The monoisotopic (exact) mass is 276 g/mol. The van der Waals surface area contributed by atoms with Gasteiger partial charge in [0.25, 0.3) is 0 Å². The Bertz CT molecular complexity index is 570. The number of nitrogens with two attached hydrogens (primary N) is 1. The van der Waals surface area contributed by atoms with Crippen LogP contribution in [0.25, 0.3) is 0 Å². The maximum atomic E-state index is 14.0. The van der Waals surface area contributed by atoms with E-state index in [4.69, 9.17) is 5.84 Å². The van der Waals surface area contributed by atoms with Crippen molar-refractivity contribution in [3.63, 3.8) is 0 Å². The molecule has 0 heterocycles. The van der Waals surface area contributed by atoms with E-state index in [-0.39, 0.29) is 5.56 Å². The van der Waals surface area contributed by atoms with E-state index in [0.29, 0.717) is 12.0 Å². The zero-order valence-corrected chi connectivity index (χ0v) is 11.4. The molecule has 0 fully saturated rings. The van der Waals surface area contributed by atoms with Crippen LogP contribution in [0.5, 0.6) is 0 Å². The largest absolute Gasteiger partial charge is 0.271 e. The molecular weight excluding hydrogens is 258 g/mol. The number of hydrogen-bond acceptors (Lipinski definition) is 2. The van der Waals surface area contributed by atoms with E-state index >= 15 is 0 Å². The van der Waals surface area contributed by atoms with Crippen LogP contribution in [0.3, 0.4) is 0 Å². The van der Waals surface area contributed by atoms with Crippen molar-refractivity contribution in [1.82, 2.24) is 5.43 Å². The smallest absolute Gasteiger partial charge is 0.163 e.